The summed E-state index contributed by atoms with van der Waals surface area (Å²) in [7, 11) is 0. The van der Waals surface area contributed by atoms with Gasteiger partial charge in [-0.15, -0.1) is 5.10 Å². The van der Waals surface area contributed by atoms with E-state index < -0.39 is 0 Å². The zero-order chi connectivity index (χ0) is 12.3. The fourth-order valence-electron chi connectivity index (χ4n) is 1.48. The standard InChI is InChI=1S/C10H10Cl2N4S/c11-7-2-1-6(8(12)4-7)3-9(14-13)10-5-17-16-15-10/h1-2,4-5,9,14H,3,13H2. The highest BCUT2D eigenvalue weighted by Crippen LogP contribution is 2.25. The van der Waals surface area contributed by atoms with Gasteiger partial charge in [0.05, 0.1) is 11.7 Å². The van der Waals surface area contributed by atoms with Gasteiger partial charge in [-0.25, -0.2) is 0 Å². The molecule has 0 bridgehead atoms. The van der Waals surface area contributed by atoms with Crippen LogP contribution >= 0.6 is 34.7 Å². The van der Waals surface area contributed by atoms with E-state index in [9.17, 15) is 0 Å². The van der Waals surface area contributed by atoms with Gasteiger partial charge in [0.2, 0.25) is 0 Å². The SMILES string of the molecule is NNC(Cc1ccc(Cl)cc1Cl)c1csnn1. The molecule has 0 saturated carbocycles. The summed E-state index contributed by atoms with van der Waals surface area (Å²) < 4.78 is 3.81. The monoisotopic (exact) mass is 288 g/mol. The minimum absolute atomic E-state index is 0.104. The molecule has 2 aromatic rings. The zero-order valence-corrected chi connectivity index (χ0v) is 11.1. The van der Waals surface area contributed by atoms with Crippen molar-refractivity contribution in [2.75, 3.05) is 0 Å². The Bertz CT molecular complexity index is 489. The maximum atomic E-state index is 6.11. The maximum absolute atomic E-state index is 6.11. The molecule has 0 spiro atoms. The summed E-state index contributed by atoms with van der Waals surface area (Å²) in [5, 5.41) is 7.09. The van der Waals surface area contributed by atoms with Crippen LogP contribution in [-0.2, 0) is 6.42 Å². The largest absolute Gasteiger partial charge is 0.271 e. The van der Waals surface area contributed by atoms with Gasteiger partial charge < -0.3 is 0 Å². The highest BCUT2D eigenvalue weighted by molar-refractivity contribution is 7.03. The van der Waals surface area contributed by atoms with E-state index in [1.807, 2.05) is 11.4 Å². The number of rotatable bonds is 4. The van der Waals surface area contributed by atoms with Crippen molar-refractivity contribution in [3.8, 4) is 0 Å². The number of hydrogen-bond donors (Lipinski definition) is 2. The van der Waals surface area contributed by atoms with Crippen molar-refractivity contribution in [3.63, 3.8) is 0 Å². The van der Waals surface area contributed by atoms with E-state index >= 15 is 0 Å². The lowest BCUT2D eigenvalue weighted by Gasteiger charge is -2.14. The number of aromatic nitrogens is 2. The van der Waals surface area contributed by atoms with Gasteiger partial charge in [-0.05, 0) is 35.6 Å². The predicted molar refractivity (Wildman–Crippen MR) is 70.1 cm³/mol. The average Bonchev–Trinajstić information content (AvgIpc) is 2.81. The van der Waals surface area contributed by atoms with Crippen LogP contribution < -0.4 is 11.3 Å². The summed E-state index contributed by atoms with van der Waals surface area (Å²) in [6, 6.07) is 5.29. The smallest absolute Gasteiger partial charge is 0.0941 e. The van der Waals surface area contributed by atoms with E-state index in [4.69, 9.17) is 29.0 Å². The van der Waals surface area contributed by atoms with Gasteiger partial charge in [0, 0.05) is 15.4 Å². The van der Waals surface area contributed by atoms with Crippen LogP contribution in [0, 0.1) is 0 Å². The van der Waals surface area contributed by atoms with E-state index in [0.29, 0.717) is 16.5 Å². The second-order valence-corrected chi connectivity index (χ2v) is 4.94. The van der Waals surface area contributed by atoms with Gasteiger partial charge in [0.1, 0.15) is 0 Å². The Morgan fingerprint density at radius 2 is 2.24 bits per heavy atom. The average molecular weight is 289 g/mol. The van der Waals surface area contributed by atoms with Crippen LogP contribution in [-0.4, -0.2) is 9.59 Å². The molecule has 90 valence electrons. The molecule has 4 nitrogen and oxygen atoms in total. The molecule has 0 amide bonds. The van der Waals surface area contributed by atoms with Gasteiger partial charge in [-0.2, -0.15) is 0 Å². The van der Waals surface area contributed by atoms with Crippen molar-refractivity contribution < 1.29 is 0 Å². The Kier molecular flexibility index (Phi) is 4.31. The Balaban J connectivity index is 2.19. The molecule has 1 aromatic heterocycles. The third-order valence-corrected chi connectivity index (χ3v) is 3.48. The second-order valence-electron chi connectivity index (χ2n) is 3.49. The zero-order valence-electron chi connectivity index (χ0n) is 8.73. The molecule has 2 rings (SSSR count). The van der Waals surface area contributed by atoms with Crippen LogP contribution in [0.5, 0.6) is 0 Å². The summed E-state index contributed by atoms with van der Waals surface area (Å²) in [5.74, 6) is 5.51. The van der Waals surface area contributed by atoms with Crippen LogP contribution in [0.1, 0.15) is 17.3 Å². The number of benzene rings is 1. The van der Waals surface area contributed by atoms with Gasteiger partial charge in [0.25, 0.3) is 0 Å². The summed E-state index contributed by atoms with van der Waals surface area (Å²) in [4.78, 5) is 0. The number of halogens is 2. The van der Waals surface area contributed by atoms with Gasteiger partial charge in [-0.1, -0.05) is 33.8 Å². The van der Waals surface area contributed by atoms with Crippen molar-refractivity contribution in [1.82, 2.24) is 15.0 Å². The Hall–Kier alpha value is -0.720. The van der Waals surface area contributed by atoms with E-state index in [-0.39, 0.29) is 6.04 Å². The molecule has 0 fully saturated rings. The first kappa shape index (κ1) is 12.7. The fraction of sp³-hybridized carbons (Fsp3) is 0.200. The molecule has 0 saturated heterocycles. The quantitative estimate of drug-likeness (QED) is 0.671. The maximum Gasteiger partial charge on any atom is 0.0941 e. The molecule has 1 unspecified atom stereocenters. The molecule has 1 aromatic carbocycles. The minimum atomic E-state index is -0.104. The van der Waals surface area contributed by atoms with Gasteiger partial charge in [0.15, 0.2) is 0 Å². The molecule has 1 heterocycles. The van der Waals surface area contributed by atoms with Crippen molar-refractivity contribution in [2.24, 2.45) is 5.84 Å². The molecule has 17 heavy (non-hydrogen) atoms. The third-order valence-electron chi connectivity index (χ3n) is 2.37. The van der Waals surface area contributed by atoms with E-state index in [2.05, 4.69) is 15.0 Å². The van der Waals surface area contributed by atoms with E-state index in [1.54, 1.807) is 12.1 Å². The summed E-state index contributed by atoms with van der Waals surface area (Å²) in [6.07, 6.45) is 0.637. The summed E-state index contributed by atoms with van der Waals surface area (Å²) in [6.45, 7) is 0. The number of nitrogens with two attached hydrogens (primary N) is 1. The van der Waals surface area contributed by atoms with Crippen LogP contribution in [0.4, 0.5) is 0 Å². The lowest BCUT2D eigenvalue weighted by Crippen LogP contribution is -2.29. The van der Waals surface area contributed by atoms with Crippen molar-refractivity contribution in [1.29, 1.82) is 0 Å². The molecule has 0 aliphatic heterocycles. The van der Waals surface area contributed by atoms with Crippen LogP contribution in [0.25, 0.3) is 0 Å². The topological polar surface area (TPSA) is 63.8 Å². The number of hydrazine groups is 1. The first-order valence-corrected chi connectivity index (χ1v) is 6.47. The Labute approximate surface area is 113 Å². The molecule has 0 aliphatic rings. The molecule has 7 heteroatoms. The second kappa shape index (κ2) is 5.75. The minimum Gasteiger partial charge on any atom is -0.271 e. The molecule has 1 atom stereocenters. The highest BCUT2D eigenvalue weighted by Gasteiger charge is 2.15. The number of nitrogens with zero attached hydrogens (tertiary/aromatic N) is 2. The summed E-state index contributed by atoms with van der Waals surface area (Å²) >= 11 is 13.2. The lowest BCUT2D eigenvalue weighted by molar-refractivity contribution is 0.537. The highest BCUT2D eigenvalue weighted by atomic mass is 35.5. The number of nitrogens with one attached hydrogen (secondary N) is 1. The van der Waals surface area contributed by atoms with Crippen molar-refractivity contribution >= 4 is 34.7 Å². The first-order chi connectivity index (χ1) is 8.20. The molecular weight excluding hydrogens is 279 g/mol. The normalized spacial score (nSPS) is 12.6. The molecule has 3 N–H and O–H groups in total. The fourth-order valence-corrected chi connectivity index (χ4v) is 2.47. The van der Waals surface area contributed by atoms with E-state index in [1.165, 1.54) is 11.5 Å². The van der Waals surface area contributed by atoms with Crippen molar-refractivity contribution in [2.45, 2.75) is 12.5 Å². The van der Waals surface area contributed by atoms with Crippen LogP contribution in [0.2, 0.25) is 10.0 Å². The van der Waals surface area contributed by atoms with Crippen LogP contribution in [0.15, 0.2) is 23.6 Å². The first-order valence-electron chi connectivity index (χ1n) is 4.87. The molecular formula is C10H10Cl2N4S. The lowest BCUT2D eigenvalue weighted by atomic mass is 10.0. The molecule has 0 radical (unpaired) electrons. The Morgan fingerprint density at radius 1 is 1.41 bits per heavy atom. The Morgan fingerprint density at radius 3 is 2.82 bits per heavy atom. The number of hydrogen-bond acceptors (Lipinski definition) is 5. The van der Waals surface area contributed by atoms with Gasteiger partial charge >= 0.3 is 0 Å². The third kappa shape index (κ3) is 3.14. The van der Waals surface area contributed by atoms with Crippen LogP contribution in [0.3, 0.4) is 0 Å². The predicted octanol–water partition coefficient (Wildman–Crippen LogP) is 2.59. The van der Waals surface area contributed by atoms with Crippen molar-refractivity contribution in [3.05, 3.63) is 44.9 Å². The van der Waals surface area contributed by atoms with Gasteiger partial charge in [-0.3, -0.25) is 11.3 Å². The summed E-state index contributed by atoms with van der Waals surface area (Å²) in [5.41, 5.74) is 4.48. The van der Waals surface area contributed by atoms with E-state index in [0.717, 1.165) is 11.3 Å². The molecule has 0 aliphatic carbocycles.